The summed E-state index contributed by atoms with van der Waals surface area (Å²) in [6.07, 6.45) is 5.08. The van der Waals surface area contributed by atoms with Crippen LogP contribution in [-0.2, 0) is 9.47 Å². The average Bonchev–Trinajstić information content (AvgIpc) is 2.68. The van der Waals surface area contributed by atoms with Crippen LogP contribution >= 0.6 is 0 Å². The molecule has 0 radical (unpaired) electrons. The van der Waals surface area contributed by atoms with Crippen LogP contribution in [0.2, 0.25) is 0 Å². The lowest BCUT2D eigenvalue weighted by Gasteiger charge is -2.10. The summed E-state index contributed by atoms with van der Waals surface area (Å²) in [6.45, 7) is 8.05. The van der Waals surface area contributed by atoms with E-state index in [4.69, 9.17) is 9.47 Å². The van der Waals surface area contributed by atoms with Gasteiger partial charge in [-0.1, -0.05) is 13.8 Å². The van der Waals surface area contributed by atoms with Crippen LogP contribution in [0.25, 0.3) is 0 Å². The third-order valence-corrected chi connectivity index (χ3v) is 2.63. The van der Waals surface area contributed by atoms with Crippen molar-refractivity contribution >= 4 is 0 Å². The topological polar surface area (TPSA) is 30.5 Å². The summed E-state index contributed by atoms with van der Waals surface area (Å²) in [4.78, 5) is 0. The van der Waals surface area contributed by atoms with Crippen LogP contribution in [0.3, 0.4) is 0 Å². The van der Waals surface area contributed by atoms with Gasteiger partial charge in [0.1, 0.15) is 0 Å². The molecule has 0 spiro atoms. The molecule has 1 N–H and O–H groups in total. The van der Waals surface area contributed by atoms with Crippen molar-refractivity contribution in [2.45, 2.75) is 51.7 Å². The van der Waals surface area contributed by atoms with Crippen LogP contribution in [-0.4, -0.2) is 38.5 Å². The first kappa shape index (κ1) is 12.9. The smallest absolute Gasteiger partial charge is 0.0597 e. The van der Waals surface area contributed by atoms with E-state index in [1.54, 1.807) is 0 Å². The summed E-state index contributed by atoms with van der Waals surface area (Å²) in [5, 5.41) is 3.37. The van der Waals surface area contributed by atoms with Crippen molar-refractivity contribution in [2.24, 2.45) is 0 Å². The summed E-state index contributed by atoms with van der Waals surface area (Å²) in [5.41, 5.74) is 0. The van der Waals surface area contributed by atoms with Crippen LogP contribution < -0.4 is 5.32 Å². The van der Waals surface area contributed by atoms with Crippen molar-refractivity contribution in [3.05, 3.63) is 0 Å². The maximum absolute atomic E-state index is 5.56. The third kappa shape index (κ3) is 6.88. The van der Waals surface area contributed by atoms with Crippen molar-refractivity contribution in [1.82, 2.24) is 5.32 Å². The zero-order valence-corrected chi connectivity index (χ0v) is 10.1. The maximum atomic E-state index is 5.56. The SMILES string of the molecule is CC(C)NCCCOCCC1CCCO1. The Balaban J connectivity index is 1.76. The van der Waals surface area contributed by atoms with Gasteiger partial charge in [0, 0.05) is 25.9 Å². The fraction of sp³-hybridized carbons (Fsp3) is 1.00. The monoisotopic (exact) mass is 215 g/mol. The Morgan fingerprint density at radius 3 is 2.93 bits per heavy atom. The molecular formula is C12H25NO2. The molecule has 1 atom stereocenters. The Bertz CT molecular complexity index is 145. The van der Waals surface area contributed by atoms with Gasteiger partial charge in [-0.25, -0.2) is 0 Å². The number of hydrogen-bond acceptors (Lipinski definition) is 3. The predicted octanol–water partition coefficient (Wildman–Crippen LogP) is 1.96. The summed E-state index contributed by atoms with van der Waals surface area (Å²) in [5.74, 6) is 0. The molecule has 3 nitrogen and oxygen atoms in total. The van der Waals surface area contributed by atoms with Gasteiger partial charge in [0.25, 0.3) is 0 Å². The van der Waals surface area contributed by atoms with E-state index in [1.807, 2.05) is 0 Å². The lowest BCUT2D eigenvalue weighted by atomic mass is 10.2. The largest absolute Gasteiger partial charge is 0.381 e. The van der Waals surface area contributed by atoms with Crippen LogP contribution in [0.4, 0.5) is 0 Å². The van der Waals surface area contributed by atoms with Crippen molar-refractivity contribution in [1.29, 1.82) is 0 Å². The second kappa shape index (κ2) is 8.08. The second-order valence-corrected chi connectivity index (χ2v) is 4.50. The van der Waals surface area contributed by atoms with E-state index in [1.165, 1.54) is 12.8 Å². The molecule has 0 aromatic heterocycles. The molecule has 0 bridgehead atoms. The lowest BCUT2D eigenvalue weighted by Crippen LogP contribution is -2.24. The normalized spacial score (nSPS) is 21.4. The molecule has 0 aliphatic carbocycles. The minimum Gasteiger partial charge on any atom is -0.381 e. The van der Waals surface area contributed by atoms with E-state index in [0.717, 1.165) is 39.2 Å². The van der Waals surface area contributed by atoms with E-state index in [0.29, 0.717) is 12.1 Å². The van der Waals surface area contributed by atoms with Gasteiger partial charge in [0.15, 0.2) is 0 Å². The van der Waals surface area contributed by atoms with E-state index in [2.05, 4.69) is 19.2 Å². The Morgan fingerprint density at radius 1 is 1.40 bits per heavy atom. The Morgan fingerprint density at radius 2 is 2.27 bits per heavy atom. The lowest BCUT2D eigenvalue weighted by molar-refractivity contribution is 0.0586. The molecule has 0 amide bonds. The van der Waals surface area contributed by atoms with Gasteiger partial charge in [-0.2, -0.15) is 0 Å². The van der Waals surface area contributed by atoms with Gasteiger partial charge in [-0.05, 0) is 32.2 Å². The first-order valence-corrected chi connectivity index (χ1v) is 6.22. The zero-order chi connectivity index (χ0) is 10.9. The Hall–Kier alpha value is -0.120. The van der Waals surface area contributed by atoms with Crippen molar-refractivity contribution in [3.63, 3.8) is 0 Å². The van der Waals surface area contributed by atoms with Gasteiger partial charge in [0.05, 0.1) is 6.10 Å². The molecule has 15 heavy (non-hydrogen) atoms. The minimum absolute atomic E-state index is 0.471. The molecule has 1 heterocycles. The van der Waals surface area contributed by atoms with Crippen molar-refractivity contribution in [3.8, 4) is 0 Å². The number of rotatable bonds is 8. The zero-order valence-electron chi connectivity index (χ0n) is 10.1. The van der Waals surface area contributed by atoms with E-state index < -0.39 is 0 Å². The molecule has 1 saturated heterocycles. The second-order valence-electron chi connectivity index (χ2n) is 4.50. The summed E-state index contributed by atoms with van der Waals surface area (Å²) in [7, 11) is 0. The first-order chi connectivity index (χ1) is 7.29. The maximum Gasteiger partial charge on any atom is 0.0597 e. The molecule has 1 aliphatic heterocycles. The molecule has 0 aromatic carbocycles. The van der Waals surface area contributed by atoms with Gasteiger partial charge in [0.2, 0.25) is 0 Å². The molecule has 90 valence electrons. The molecular weight excluding hydrogens is 190 g/mol. The molecule has 0 aromatic rings. The van der Waals surface area contributed by atoms with Crippen LogP contribution in [0.15, 0.2) is 0 Å². The minimum atomic E-state index is 0.471. The quantitative estimate of drug-likeness (QED) is 0.628. The Kier molecular flexibility index (Phi) is 6.98. The summed E-state index contributed by atoms with van der Waals surface area (Å²) in [6, 6.07) is 0.580. The van der Waals surface area contributed by atoms with Crippen molar-refractivity contribution < 1.29 is 9.47 Å². The molecule has 0 saturated carbocycles. The number of hydrogen-bond donors (Lipinski definition) is 1. The van der Waals surface area contributed by atoms with Crippen molar-refractivity contribution in [2.75, 3.05) is 26.4 Å². The highest BCUT2D eigenvalue weighted by molar-refractivity contribution is 4.63. The van der Waals surface area contributed by atoms with Gasteiger partial charge < -0.3 is 14.8 Å². The fourth-order valence-electron chi connectivity index (χ4n) is 1.75. The molecule has 3 heteroatoms. The standard InChI is InChI=1S/C12H25NO2/c1-11(2)13-7-4-8-14-10-6-12-5-3-9-15-12/h11-13H,3-10H2,1-2H3. The van der Waals surface area contributed by atoms with Crippen LogP contribution in [0.1, 0.15) is 39.5 Å². The average molecular weight is 215 g/mol. The van der Waals surface area contributed by atoms with Crippen LogP contribution in [0, 0.1) is 0 Å². The molecule has 1 fully saturated rings. The van der Waals surface area contributed by atoms with Gasteiger partial charge in [-0.15, -0.1) is 0 Å². The highest BCUT2D eigenvalue weighted by Crippen LogP contribution is 2.14. The van der Waals surface area contributed by atoms with E-state index >= 15 is 0 Å². The number of nitrogens with one attached hydrogen (secondary N) is 1. The third-order valence-electron chi connectivity index (χ3n) is 2.63. The Labute approximate surface area is 93.5 Å². The summed E-state index contributed by atoms with van der Waals surface area (Å²) < 4.78 is 11.1. The molecule has 1 aliphatic rings. The van der Waals surface area contributed by atoms with E-state index in [9.17, 15) is 0 Å². The highest BCUT2D eigenvalue weighted by Gasteiger charge is 2.14. The predicted molar refractivity (Wildman–Crippen MR) is 62.2 cm³/mol. The van der Waals surface area contributed by atoms with Gasteiger partial charge in [-0.3, -0.25) is 0 Å². The number of ether oxygens (including phenoxy) is 2. The molecule has 1 unspecified atom stereocenters. The highest BCUT2D eigenvalue weighted by atomic mass is 16.5. The summed E-state index contributed by atoms with van der Waals surface area (Å²) >= 11 is 0. The van der Waals surface area contributed by atoms with Gasteiger partial charge >= 0.3 is 0 Å². The fourth-order valence-corrected chi connectivity index (χ4v) is 1.75. The molecule has 1 rings (SSSR count). The van der Waals surface area contributed by atoms with E-state index in [-0.39, 0.29) is 0 Å². The van der Waals surface area contributed by atoms with Crippen LogP contribution in [0.5, 0.6) is 0 Å². The first-order valence-electron chi connectivity index (χ1n) is 6.22.